The van der Waals surface area contributed by atoms with Gasteiger partial charge in [0.05, 0.1) is 0 Å². The second-order valence-electron chi connectivity index (χ2n) is 5.65. The van der Waals surface area contributed by atoms with Crippen molar-refractivity contribution in [2.24, 2.45) is 10.8 Å². The fraction of sp³-hybridized carbons (Fsp3) is 1.00. The third kappa shape index (κ3) is 7.39. The van der Waals surface area contributed by atoms with Crippen LogP contribution in [-0.2, 0) is 0 Å². The molecule has 0 radical (unpaired) electrons. The first-order valence-electron chi connectivity index (χ1n) is 5.04. The maximum atomic E-state index is 5.96. The maximum absolute atomic E-state index is 5.96. The average molecular weight is 276 g/mol. The van der Waals surface area contributed by atoms with E-state index in [1.807, 2.05) is 0 Å². The molecule has 0 aromatic rings. The molecule has 0 saturated carbocycles. The molecule has 0 aliphatic carbocycles. The van der Waals surface area contributed by atoms with Crippen LogP contribution in [-0.4, -0.2) is 6.00 Å². The third-order valence-corrected chi connectivity index (χ3v) is 5.15. The van der Waals surface area contributed by atoms with Gasteiger partial charge < -0.3 is 0 Å². The minimum absolute atomic E-state index is 0.136. The van der Waals surface area contributed by atoms with Gasteiger partial charge >= 0.3 is 6.00 Å². The standard InChI is InChI=1S/C10H21Cl3Si/c1-6-9(2,3)7-10(4,5)8-14(11,12)13/h6-8H2,1-5H3. The van der Waals surface area contributed by atoms with Gasteiger partial charge in [0, 0.05) is 0 Å². The van der Waals surface area contributed by atoms with Gasteiger partial charge in [0.2, 0.25) is 0 Å². The maximum Gasteiger partial charge on any atom is 0.341 e. The molecule has 0 heterocycles. The molecule has 0 spiro atoms. The second-order valence-corrected chi connectivity index (χ2v) is 14.8. The van der Waals surface area contributed by atoms with E-state index in [2.05, 4.69) is 34.6 Å². The van der Waals surface area contributed by atoms with Gasteiger partial charge in [-0.2, -0.15) is 0 Å². The molecule has 14 heavy (non-hydrogen) atoms. The van der Waals surface area contributed by atoms with Crippen LogP contribution in [0.1, 0.15) is 47.5 Å². The summed E-state index contributed by atoms with van der Waals surface area (Å²) in [5.74, 6) is 0. The molecular formula is C10H21Cl3Si. The van der Waals surface area contributed by atoms with Crippen LogP contribution in [0.3, 0.4) is 0 Å². The average Bonchev–Trinajstić information content (AvgIpc) is 1.78. The summed E-state index contributed by atoms with van der Waals surface area (Å²) in [4.78, 5) is 0. The van der Waals surface area contributed by atoms with E-state index in [4.69, 9.17) is 33.2 Å². The molecule has 0 aliphatic heterocycles. The van der Waals surface area contributed by atoms with Gasteiger partial charge in [-0.1, -0.05) is 41.0 Å². The number of rotatable bonds is 5. The molecule has 0 fully saturated rings. The van der Waals surface area contributed by atoms with Gasteiger partial charge in [-0.15, -0.1) is 33.2 Å². The Labute approximate surface area is 103 Å². The largest absolute Gasteiger partial charge is 0.341 e. The zero-order valence-electron chi connectivity index (χ0n) is 9.76. The van der Waals surface area contributed by atoms with E-state index in [1.165, 1.54) is 0 Å². The van der Waals surface area contributed by atoms with E-state index in [-0.39, 0.29) is 5.41 Å². The third-order valence-electron chi connectivity index (χ3n) is 2.59. The predicted octanol–water partition coefficient (Wildman–Crippen LogP) is 5.49. The van der Waals surface area contributed by atoms with E-state index in [9.17, 15) is 0 Å². The van der Waals surface area contributed by atoms with E-state index < -0.39 is 6.00 Å². The highest BCUT2D eigenvalue weighted by atomic mass is 35.8. The smallest absolute Gasteiger partial charge is 0.126 e. The summed E-state index contributed by atoms with van der Waals surface area (Å²) in [5.41, 5.74) is 0.477. The molecule has 0 rings (SSSR count). The summed E-state index contributed by atoms with van der Waals surface area (Å²) >= 11 is 17.9. The Bertz CT molecular complexity index is 182. The minimum Gasteiger partial charge on any atom is -0.126 e. The first-order chi connectivity index (χ1) is 5.97. The van der Waals surface area contributed by atoms with Crippen molar-refractivity contribution in [2.45, 2.75) is 53.5 Å². The fourth-order valence-electron chi connectivity index (χ4n) is 2.03. The zero-order valence-corrected chi connectivity index (χ0v) is 13.0. The SMILES string of the molecule is CCC(C)(C)CC(C)(C)C[Si](Cl)(Cl)Cl. The Morgan fingerprint density at radius 2 is 1.36 bits per heavy atom. The lowest BCUT2D eigenvalue weighted by Crippen LogP contribution is -2.28. The first kappa shape index (κ1) is 15.1. The Hall–Kier alpha value is 1.09. The molecule has 0 N–H and O–H groups in total. The van der Waals surface area contributed by atoms with Gasteiger partial charge in [-0.25, -0.2) is 0 Å². The van der Waals surface area contributed by atoms with Crippen LogP contribution in [0.25, 0.3) is 0 Å². The van der Waals surface area contributed by atoms with E-state index in [0.29, 0.717) is 5.41 Å². The number of hydrogen-bond donors (Lipinski definition) is 0. The quantitative estimate of drug-likeness (QED) is 0.459. The fourth-order valence-corrected chi connectivity index (χ4v) is 6.49. The summed E-state index contributed by atoms with van der Waals surface area (Å²) in [7, 11) is 0. The van der Waals surface area contributed by atoms with Crippen molar-refractivity contribution >= 4 is 39.2 Å². The summed E-state index contributed by atoms with van der Waals surface area (Å²) < 4.78 is 0. The zero-order chi connectivity index (χ0) is 11.6. The Morgan fingerprint density at radius 3 is 1.64 bits per heavy atom. The predicted molar refractivity (Wildman–Crippen MR) is 70.6 cm³/mol. The summed E-state index contributed by atoms with van der Waals surface area (Å²) in [6.07, 6.45) is 2.27. The van der Waals surface area contributed by atoms with E-state index >= 15 is 0 Å². The molecule has 0 aromatic heterocycles. The molecule has 0 bridgehead atoms. The van der Waals surface area contributed by atoms with Crippen LogP contribution in [0.4, 0.5) is 0 Å². The summed E-state index contributed by atoms with van der Waals surface area (Å²) in [5, 5.41) is 0. The lowest BCUT2D eigenvalue weighted by Gasteiger charge is -2.35. The Balaban J connectivity index is 4.35. The van der Waals surface area contributed by atoms with Crippen molar-refractivity contribution in [3.8, 4) is 0 Å². The summed E-state index contributed by atoms with van der Waals surface area (Å²) in [6.45, 7) is 11.1. The normalized spacial score (nSPS) is 14.6. The lowest BCUT2D eigenvalue weighted by molar-refractivity contribution is 0.206. The van der Waals surface area contributed by atoms with Crippen molar-refractivity contribution in [3.63, 3.8) is 0 Å². The molecule has 0 amide bonds. The van der Waals surface area contributed by atoms with Gasteiger partial charge in [0.25, 0.3) is 0 Å². The highest BCUT2D eigenvalue weighted by molar-refractivity contribution is 7.64. The van der Waals surface area contributed by atoms with E-state index in [0.717, 1.165) is 18.9 Å². The highest BCUT2D eigenvalue weighted by Crippen LogP contribution is 2.44. The molecular weight excluding hydrogens is 255 g/mol. The topological polar surface area (TPSA) is 0 Å². The summed E-state index contributed by atoms with van der Waals surface area (Å²) in [6, 6.07) is -1.74. The van der Waals surface area contributed by atoms with Gasteiger partial charge in [-0.3, -0.25) is 0 Å². The number of halogens is 3. The molecule has 0 aliphatic rings. The molecule has 86 valence electrons. The Kier molecular flexibility index (Phi) is 5.33. The first-order valence-corrected chi connectivity index (χ1v) is 10.3. The van der Waals surface area contributed by atoms with Crippen molar-refractivity contribution in [1.29, 1.82) is 0 Å². The van der Waals surface area contributed by atoms with Crippen LogP contribution in [0.5, 0.6) is 0 Å². The van der Waals surface area contributed by atoms with Crippen LogP contribution in [0.2, 0.25) is 6.04 Å². The molecule has 0 aromatic carbocycles. The van der Waals surface area contributed by atoms with Crippen molar-refractivity contribution < 1.29 is 0 Å². The molecule has 0 atom stereocenters. The molecule has 0 unspecified atom stereocenters. The van der Waals surface area contributed by atoms with Crippen molar-refractivity contribution in [2.75, 3.05) is 0 Å². The number of hydrogen-bond acceptors (Lipinski definition) is 0. The van der Waals surface area contributed by atoms with Crippen LogP contribution < -0.4 is 0 Å². The highest BCUT2D eigenvalue weighted by Gasteiger charge is 2.37. The van der Waals surface area contributed by atoms with Crippen LogP contribution >= 0.6 is 33.2 Å². The van der Waals surface area contributed by atoms with Crippen LogP contribution in [0, 0.1) is 10.8 Å². The van der Waals surface area contributed by atoms with Crippen molar-refractivity contribution in [1.82, 2.24) is 0 Å². The van der Waals surface area contributed by atoms with Crippen molar-refractivity contribution in [3.05, 3.63) is 0 Å². The van der Waals surface area contributed by atoms with Gasteiger partial charge in [0.15, 0.2) is 0 Å². The lowest BCUT2D eigenvalue weighted by atomic mass is 9.75. The Morgan fingerprint density at radius 1 is 0.929 bits per heavy atom. The molecule has 0 nitrogen and oxygen atoms in total. The van der Waals surface area contributed by atoms with Gasteiger partial charge in [0.1, 0.15) is 0 Å². The van der Waals surface area contributed by atoms with Gasteiger partial charge in [-0.05, 0) is 23.3 Å². The van der Waals surface area contributed by atoms with Crippen LogP contribution in [0.15, 0.2) is 0 Å². The molecule has 4 heteroatoms. The molecule has 0 saturated heterocycles. The monoisotopic (exact) mass is 274 g/mol. The second kappa shape index (κ2) is 4.95. The van der Waals surface area contributed by atoms with E-state index in [1.54, 1.807) is 0 Å². The minimum atomic E-state index is -2.49.